The highest BCUT2D eigenvalue weighted by Gasteiger charge is 2.14. The molecule has 0 unspecified atom stereocenters. The summed E-state index contributed by atoms with van der Waals surface area (Å²) in [6.45, 7) is 3.88. The third kappa shape index (κ3) is 1.65. The monoisotopic (exact) mass is 247 g/mol. The first kappa shape index (κ1) is 10.5. The highest BCUT2D eigenvalue weighted by atomic mass is 32.1. The van der Waals surface area contributed by atoms with Crippen molar-refractivity contribution in [2.45, 2.75) is 13.8 Å². The summed E-state index contributed by atoms with van der Waals surface area (Å²) >= 11 is 1.58. The molecule has 0 N–H and O–H groups in total. The van der Waals surface area contributed by atoms with Crippen LogP contribution in [0.3, 0.4) is 0 Å². The Morgan fingerprint density at radius 3 is 2.82 bits per heavy atom. The Bertz CT molecular complexity index is 699. The van der Waals surface area contributed by atoms with Crippen molar-refractivity contribution in [3.05, 3.63) is 40.0 Å². The number of benzene rings is 1. The Morgan fingerprint density at radius 1 is 1.29 bits per heavy atom. The number of aromatic nitrogens is 1. The largest absolute Gasteiger partial charge is 0.454 e. The number of furan rings is 1. The van der Waals surface area contributed by atoms with E-state index in [-0.39, 0.29) is 5.82 Å². The van der Waals surface area contributed by atoms with E-state index in [2.05, 4.69) is 4.98 Å². The zero-order chi connectivity index (χ0) is 12.0. The van der Waals surface area contributed by atoms with Gasteiger partial charge in [-0.05, 0) is 32.0 Å². The lowest BCUT2D eigenvalue weighted by molar-refractivity contribution is 0.617. The number of thiazole rings is 1. The van der Waals surface area contributed by atoms with Crippen molar-refractivity contribution < 1.29 is 8.81 Å². The molecular weight excluding hydrogens is 237 g/mol. The highest BCUT2D eigenvalue weighted by Crippen LogP contribution is 2.33. The van der Waals surface area contributed by atoms with E-state index in [0.29, 0.717) is 5.58 Å². The standard InChI is InChI=1S/C13H10FNOS/c1-7-10-5-9(14)3-4-12(10)16-13(7)11-6-17-8(2)15-11/h3-6H,1-2H3. The number of fused-ring (bicyclic) bond motifs is 1. The van der Waals surface area contributed by atoms with E-state index >= 15 is 0 Å². The van der Waals surface area contributed by atoms with Crippen LogP contribution in [0.25, 0.3) is 22.4 Å². The van der Waals surface area contributed by atoms with Crippen LogP contribution in [0.2, 0.25) is 0 Å². The van der Waals surface area contributed by atoms with E-state index in [1.807, 2.05) is 19.2 Å². The molecule has 1 aromatic carbocycles. The minimum atomic E-state index is -0.248. The summed E-state index contributed by atoms with van der Waals surface area (Å²) in [6, 6.07) is 4.55. The number of aryl methyl sites for hydroxylation is 2. The Kier molecular flexibility index (Phi) is 2.26. The van der Waals surface area contributed by atoms with Crippen molar-refractivity contribution in [3.8, 4) is 11.5 Å². The van der Waals surface area contributed by atoms with Gasteiger partial charge in [0.2, 0.25) is 0 Å². The Morgan fingerprint density at radius 2 is 2.12 bits per heavy atom. The SMILES string of the molecule is Cc1nc(-c2oc3ccc(F)cc3c2C)cs1. The second-order valence-electron chi connectivity index (χ2n) is 3.95. The predicted molar refractivity (Wildman–Crippen MR) is 66.8 cm³/mol. The summed E-state index contributed by atoms with van der Waals surface area (Å²) in [6.07, 6.45) is 0. The van der Waals surface area contributed by atoms with E-state index in [4.69, 9.17) is 4.42 Å². The number of rotatable bonds is 1. The lowest BCUT2D eigenvalue weighted by atomic mass is 10.1. The van der Waals surface area contributed by atoms with Crippen LogP contribution in [-0.4, -0.2) is 4.98 Å². The Hall–Kier alpha value is -1.68. The van der Waals surface area contributed by atoms with Crippen LogP contribution in [-0.2, 0) is 0 Å². The van der Waals surface area contributed by atoms with Gasteiger partial charge in [0, 0.05) is 16.3 Å². The van der Waals surface area contributed by atoms with Crippen molar-refractivity contribution in [1.29, 1.82) is 0 Å². The second kappa shape index (κ2) is 3.67. The molecule has 17 heavy (non-hydrogen) atoms. The topological polar surface area (TPSA) is 26.0 Å². The molecule has 0 spiro atoms. The zero-order valence-electron chi connectivity index (χ0n) is 9.45. The van der Waals surface area contributed by atoms with E-state index in [0.717, 1.165) is 27.4 Å². The molecule has 0 atom stereocenters. The molecule has 2 heterocycles. The first-order chi connectivity index (χ1) is 8.15. The van der Waals surface area contributed by atoms with Crippen LogP contribution in [0, 0.1) is 19.7 Å². The first-order valence-corrected chi connectivity index (χ1v) is 6.14. The van der Waals surface area contributed by atoms with Crippen LogP contribution in [0.15, 0.2) is 28.0 Å². The van der Waals surface area contributed by atoms with Crippen molar-refractivity contribution in [2.75, 3.05) is 0 Å². The molecule has 3 rings (SSSR count). The van der Waals surface area contributed by atoms with Gasteiger partial charge in [0.1, 0.15) is 17.1 Å². The molecule has 0 aliphatic rings. The second-order valence-corrected chi connectivity index (χ2v) is 5.01. The zero-order valence-corrected chi connectivity index (χ0v) is 10.3. The average Bonchev–Trinajstić information content (AvgIpc) is 2.84. The van der Waals surface area contributed by atoms with E-state index < -0.39 is 0 Å². The molecule has 86 valence electrons. The number of nitrogens with zero attached hydrogens (tertiary/aromatic N) is 1. The Labute approximate surface area is 102 Å². The molecule has 0 bridgehead atoms. The van der Waals surface area contributed by atoms with E-state index in [1.165, 1.54) is 12.1 Å². The van der Waals surface area contributed by atoms with E-state index in [9.17, 15) is 4.39 Å². The van der Waals surface area contributed by atoms with Crippen molar-refractivity contribution >= 4 is 22.3 Å². The van der Waals surface area contributed by atoms with Gasteiger partial charge in [0.05, 0.1) is 5.01 Å². The normalized spacial score (nSPS) is 11.2. The number of halogens is 1. The fraction of sp³-hybridized carbons (Fsp3) is 0.154. The first-order valence-electron chi connectivity index (χ1n) is 5.26. The summed E-state index contributed by atoms with van der Waals surface area (Å²) in [5, 5.41) is 3.76. The molecule has 4 heteroatoms. The van der Waals surface area contributed by atoms with Crippen LogP contribution in [0.4, 0.5) is 4.39 Å². The molecule has 0 saturated carbocycles. The molecule has 2 nitrogen and oxygen atoms in total. The van der Waals surface area contributed by atoms with Gasteiger partial charge in [-0.25, -0.2) is 9.37 Å². The number of hydrogen-bond donors (Lipinski definition) is 0. The molecule has 0 aliphatic heterocycles. The summed E-state index contributed by atoms with van der Waals surface area (Å²) in [5.41, 5.74) is 2.45. The molecule has 0 aliphatic carbocycles. The maximum absolute atomic E-state index is 13.2. The predicted octanol–water partition coefficient (Wildman–Crippen LogP) is 4.31. The molecular formula is C13H10FNOS. The maximum atomic E-state index is 13.2. The fourth-order valence-corrected chi connectivity index (χ4v) is 2.50. The maximum Gasteiger partial charge on any atom is 0.157 e. The minimum absolute atomic E-state index is 0.248. The summed E-state index contributed by atoms with van der Waals surface area (Å²) in [7, 11) is 0. The third-order valence-electron chi connectivity index (χ3n) is 2.75. The van der Waals surface area contributed by atoms with E-state index in [1.54, 1.807) is 17.4 Å². The van der Waals surface area contributed by atoms with Gasteiger partial charge in [0.25, 0.3) is 0 Å². The third-order valence-corrected chi connectivity index (χ3v) is 3.52. The average molecular weight is 247 g/mol. The van der Waals surface area contributed by atoms with Gasteiger partial charge in [-0.3, -0.25) is 0 Å². The van der Waals surface area contributed by atoms with Gasteiger partial charge < -0.3 is 4.42 Å². The molecule has 0 fully saturated rings. The van der Waals surface area contributed by atoms with Gasteiger partial charge >= 0.3 is 0 Å². The van der Waals surface area contributed by atoms with Gasteiger partial charge in [-0.2, -0.15) is 0 Å². The van der Waals surface area contributed by atoms with Gasteiger partial charge in [0.15, 0.2) is 5.76 Å². The molecule has 0 amide bonds. The fourth-order valence-electron chi connectivity index (χ4n) is 1.91. The lowest BCUT2D eigenvalue weighted by Gasteiger charge is -1.91. The highest BCUT2D eigenvalue weighted by molar-refractivity contribution is 7.09. The summed E-state index contributed by atoms with van der Waals surface area (Å²) in [4.78, 5) is 4.39. The minimum Gasteiger partial charge on any atom is -0.454 e. The van der Waals surface area contributed by atoms with Crippen LogP contribution < -0.4 is 0 Å². The van der Waals surface area contributed by atoms with Crippen molar-refractivity contribution in [1.82, 2.24) is 4.98 Å². The lowest BCUT2D eigenvalue weighted by Crippen LogP contribution is -1.78. The molecule has 0 radical (unpaired) electrons. The quantitative estimate of drug-likeness (QED) is 0.640. The Balaban J connectivity index is 2.27. The van der Waals surface area contributed by atoms with Gasteiger partial charge in [-0.1, -0.05) is 0 Å². The smallest absolute Gasteiger partial charge is 0.157 e. The van der Waals surface area contributed by atoms with Crippen LogP contribution >= 0.6 is 11.3 Å². The van der Waals surface area contributed by atoms with Crippen LogP contribution in [0.1, 0.15) is 10.6 Å². The summed E-state index contributed by atoms with van der Waals surface area (Å²) in [5.74, 6) is 0.484. The molecule has 0 saturated heterocycles. The summed E-state index contributed by atoms with van der Waals surface area (Å²) < 4.78 is 18.9. The van der Waals surface area contributed by atoms with Gasteiger partial charge in [-0.15, -0.1) is 11.3 Å². The van der Waals surface area contributed by atoms with Crippen LogP contribution in [0.5, 0.6) is 0 Å². The van der Waals surface area contributed by atoms with Crippen molar-refractivity contribution in [2.24, 2.45) is 0 Å². The number of hydrogen-bond acceptors (Lipinski definition) is 3. The van der Waals surface area contributed by atoms with Crippen molar-refractivity contribution in [3.63, 3.8) is 0 Å². The molecule has 2 aromatic heterocycles. The molecule has 3 aromatic rings.